The number of aromatic nitrogens is 2. The zero-order valence-corrected chi connectivity index (χ0v) is 15.6. The molecule has 0 aliphatic rings. The van der Waals surface area contributed by atoms with Gasteiger partial charge in [0.05, 0.1) is 0 Å². The number of halogens is 1. The van der Waals surface area contributed by atoms with E-state index in [2.05, 4.69) is 10.4 Å². The molecule has 0 aliphatic heterocycles. The van der Waals surface area contributed by atoms with Crippen molar-refractivity contribution in [2.24, 2.45) is 0 Å². The summed E-state index contributed by atoms with van der Waals surface area (Å²) in [6.07, 6.45) is 1.90. The fraction of sp³-hybridized carbons (Fsp3) is 0.200. The van der Waals surface area contributed by atoms with Crippen LogP contribution < -0.4 is 10.2 Å². The first kappa shape index (κ1) is 18.0. The molecule has 1 aromatic heterocycles. The van der Waals surface area contributed by atoms with Crippen molar-refractivity contribution in [2.45, 2.75) is 13.1 Å². The lowest BCUT2D eigenvalue weighted by Gasteiger charge is -2.11. The Labute approximate surface area is 158 Å². The molecule has 26 heavy (non-hydrogen) atoms. The summed E-state index contributed by atoms with van der Waals surface area (Å²) >= 11 is 6.12. The highest BCUT2D eigenvalue weighted by Crippen LogP contribution is 2.28. The van der Waals surface area contributed by atoms with Gasteiger partial charge in [-0.15, -0.1) is 0 Å². The van der Waals surface area contributed by atoms with Crippen molar-refractivity contribution in [1.29, 1.82) is 0 Å². The average Bonchev–Trinajstić information content (AvgIpc) is 3.06. The molecule has 0 spiro atoms. The van der Waals surface area contributed by atoms with E-state index in [-0.39, 0.29) is 12.5 Å². The van der Waals surface area contributed by atoms with Crippen LogP contribution in [0, 0.1) is 0 Å². The first-order valence-corrected chi connectivity index (χ1v) is 8.72. The lowest BCUT2D eigenvalue weighted by Crippen LogP contribution is -2.27. The molecular formula is C20H21ClN4O. The van der Waals surface area contributed by atoms with Crippen LogP contribution >= 0.6 is 11.6 Å². The number of amides is 1. The van der Waals surface area contributed by atoms with E-state index in [1.54, 1.807) is 4.68 Å². The summed E-state index contributed by atoms with van der Waals surface area (Å²) in [5, 5.41) is 8.09. The van der Waals surface area contributed by atoms with Crippen molar-refractivity contribution in [1.82, 2.24) is 15.1 Å². The SMILES string of the molecule is CN(C)c1nn(CC(=O)NCc2ccccc2Cl)cc1-c1ccccc1. The van der Waals surface area contributed by atoms with Crippen LogP contribution in [0.15, 0.2) is 60.8 Å². The van der Waals surface area contributed by atoms with Gasteiger partial charge in [-0.3, -0.25) is 9.48 Å². The second-order valence-electron chi connectivity index (χ2n) is 6.19. The molecule has 1 amide bonds. The Kier molecular flexibility index (Phi) is 5.58. The maximum Gasteiger partial charge on any atom is 0.242 e. The first-order chi connectivity index (χ1) is 12.5. The molecule has 1 heterocycles. The molecule has 0 fully saturated rings. The molecule has 3 rings (SSSR count). The first-order valence-electron chi connectivity index (χ1n) is 8.35. The molecule has 5 nitrogen and oxygen atoms in total. The molecule has 0 radical (unpaired) electrons. The van der Waals surface area contributed by atoms with Gasteiger partial charge in [0.1, 0.15) is 6.54 Å². The van der Waals surface area contributed by atoms with Crippen LogP contribution in [0.5, 0.6) is 0 Å². The second kappa shape index (κ2) is 8.06. The van der Waals surface area contributed by atoms with Crippen LogP contribution in [0.1, 0.15) is 5.56 Å². The molecule has 3 aromatic rings. The van der Waals surface area contributed by atoms with Crippen molar-refractivity contribution in [2.75, 3.05) is 19.0 Å². The number of nitrogens with zero attached hydrogens (tertiary/aromatic N) is 3. The summed E-state index contributed by atoms with van der Waals surface area (Å²) in [5.41, 5.74) is 2.95. The zero-order valence-electron chi connectivity index (χ0n) is 14.8. The Hall–Kier alpha value is -2.79. The highest BCUT2D eigenvalue weighted by Gasteiger charge is 2.14. The number of anilines is 1. The zero-order chi connectivity index (χ0) is 18.5. The normalized spacial score (nSPS) is 10.6. The summed E-state index contributed by atoms with van der Waals surface area (Å²) in [6, 6.07) is 17.5. The standard InChI is InChI=1S/C20H21ClN4O/c1-24(2)20-17(15-8-4-3-5-9-15)13-25(23-20)14-19(26)22-12-16-10-6-7-11-18(16)21/h3-11,13H,12,14H2,1-2H3,(H,22,26). The third-order valence-electron chi connectivity index (χ3n) is 3.99. The molecule has 0 aliphatic carbocycles. The van der Waals surface area contributed by atoms with Gasteiger partial charge < -0.3 is 10.2 Å². The van der Waals surface area contributed by atoms with Crippen LogP contribution in [0.4, 0.5) is 5.82 Å². The fourth-order valence-electron chi connectivity index (χ4n) is 2.68. The van der Waals surface area contributed by atoms with E-state index in [1.807, 2.05) is 79.8 Å². The minimum Gasteiger partial charge on any atom is -0.361 e. The summed E-state index contributed by atoms with van der Waals surface area (Å²) in [4.78, 5) is 14.2. The summed E-state index contributed by atoms with van der Waals surface area (Å²) in [5.74, 6) is 0.715. The van der Waals surface area contributed by atoms with E-state index in [0.29, 0.717) is 11.6 Å². The van der Waals surface area contributed by atoms with Crippen LogP contribution in [0.25, 0.3) is 11.1 Å². The van der Waals surface area contributed by atoms with Gasteiger partial charge in [-0.05, 0) is 17.2 Å². The monoisotopic (exact) mass is 368 g/mol. The largest absolute Gasteiger partial charge is 0.361 e. The van der Waals surface area contributed by atoms with Crippen molar-refractivity contribution in [3.8, 4) is 11.1 Å². The van der Waals surface area contributed by atoms with E-state index >= 15 is 0 Å². The van der Waals surface area contributed by atoms with Crippen LogP contribution in [-0.4, -0.2) is 29.8 Å². The van der Waals surface area contributed by atoms with E-state index in [4.69, 9.17) is 11.6 Å². The van der Waals surface area contributed by atoms with Crippen molar-refractivity contribution in [3.05, 3.63) is 71.4 Å². The molecule has 0 bridgehead atoms. The Morgan fingerprint density at radius 2 is 1.81 bits per heavy atom. The molecule has 0 saturated carbocycles. The number of benzene rings is 2. The maximum absolute atomic E-state index is 12.3. The topological polar surface area (TPSA) is 50.2 Å². The molecular weight excluding hydrogens is 348 g/mol. The summed E-state index contributed by atoms with van der Waals surface area (Å²) in [7, 11) is 3.88. The summed E-state index contributed by atoms with van der Waals surface area (Å²) < 4.78 is 1.67. The Morgan fingerprint density at radius 3 is 2.50 bits per heavy atom. The van der Waals surface area contributed by atoms with Gasteiger partial charge in [-0.25, -0.2) is 0 Å². The highest BCUT2D eigenvalue weighted by molar-refractivity contribution is 6.31. The highest BCUT2D eigenvalue weighted by atomic mass is 35.5. The predicted molar refractivity (Wildman–Crippen MR) is 105 cm³/mol. The number of hydrogen-bond donors (Lipinski definition) is 1. The van der Waals surface area contributed by atoms with Crippen LogP contribution in [0.2, 0.25) is 5.02 Å². The van der Waals surface area contributed by atoms with Gasteiger partial charge in [-0.2, -0.15) is 5.10 Å². The van der Waals surface area contributed by atoms with Gasteiger partial charge in [0.25, 0.3) is 0 Å². The molecule has 6 heteroatoms. The molecule has 1 N–H and O–H groups in total. The van der Waals surface area contributed by atoms with E-state index in [9.17, 15) is 4.79 Å². The van der Waals surface area contributed by atoms with Crippen LogP contribution in [-0.2, 0) is 17.9 Å². The number of carbonyl (C=O) groups is 1. The fourth-order valence-corrected chi connectivity index (χ4v) is 2.89. The lowest BCUT2D eigenvalue weighted by molar-refractivity contribution is -0.122. The smallest absolute Gasteiger partial charge is 0.242 e. The van der Waals surface area contributed by atoms with Crippen molar-refractivity contribution < 1.29 is 4.79 Å². The maximum atomic E-state index is 12.3. The van der Waals surface area contributed by atoms with Crippen molar-refractivity contribution in [3.63, 3.8) is 0 Å². The number of carbonyl (C=O) groups excluding carboxylic acids is 1. The predicted octanol–water partition coefficient (Wildman–Crippen LogP) is 3.59. The van der Waals surface area contributed by atoms with Crippen molar-refractivity contribution >= 4 is 23.3 Å². The van der Waals surface area contributed by atoms with E-state index < -0.39 is 0 Å². The Balaban J connectivity index is 1.72. The van der Waals surface area contributed by atoms with Gasteiger partial charge >= 0.3 is 0 Å². The minimum atomic E-state index is -0.114. The van der Waals surface area contributed by atoms with Gasteiger partial charge in [0.2, 0.25) is 5.91 Å². The summed E-state index contributed by atoms with van der Waals surface area (Å²) in [6.45, 7) is 0.546. The third-order valence-corrected chi connectivity index (χ3v) is 4.36. The Morgan fingerprint density at radius 1 is 1.12 bits per heavy atom. The quantitative estimate of drug-likeness (QED) is 0.723. The molecule has 0 saturated heterocycles. The average molecular weight is 369 g/mol. The van der Waals surface area contributed by atoms with Gasteiger partial charge in [0.15, 0.2) is 5.82 Å². The minimum absolute atomic E-state index is 0.114. The van der Waals surface area contributed by atoms with Crippen LogP contribution in [0.3, 0.4) is 0 Å². The number of rotatable bonds is 6. The van der Waals surface area contributed by atoms with Gasteiger partial charge in [0, 0.05) is 37.4 Å². The van der Waals surface area contributed by atoms with Gasteiger partial charge in [-0.1, -0.05) is 60.1 Å². The Bertz CT molecular complexity index is 890. The van der Waals surface area contributed by atoms with E-state index in [1.165, 1.54) is 0 Å². The second-order valence-corrected chi connectivity index (χ2v) is 6.60. The molecule has 0 atom stereocenters. The molecule has 0 unspecified atom stereocenters. The molecule has 2 aromatic carbocycles. The van der Waals surface area contributed by atoms with E-state index in [0.717, 1.165) is 22.5 Å². The molecule has 134 valence electrons. The number of nitrogens with one attached hydrogen (secondary N) is 1. The number of hydrogen-bond acceptors (Lipinski definition) is 3. The third kappa shape index (κ3) is 4.24. The lowest BCUT2D eigenvalue weighted by atomic mass is 10.1.